The normalized spacial score (nSPS) is 11.3. The van der Waals surface area contributed by atoms with E-state index in [2.05, 4.69) is 155 Å². The molecule has 0 amide bonds. The number of hydrogen-bond acceptors (Lipinski definition) is 3. The number of hydrogen-bond donors (Lipinski definition) is 0. The molecule has 0 N–H and O–H groups in total. The first-order chi connectivity index (χ1) is 20.8. The zero-order chi connectivity index (χ0) is 27.9. The molecule has 2 aromatic heterocycles. The molecule has 42 heavy (non-hydrogen) atoms. The molecule has 8 aromatic rings. The van der Waals surface area contributed by atoms with Crippen LogP contribution >= 0.6 is 11.3 Å². The lowest BCUT2D eigenvalue weighted by Crippen LogP contribution is -2.10. The minimum absolute atomic E-state index is 1.13. The van der Waals surface area contributed by atoms with E-state index in [0.717, 1.165) is 11.4 Å². The molecule has 6 aromatic carbocycles. The van der Waals surface area contributed by atoms with Crippen molar-refractivity contribution in [1.82, 2.24) is 4.98 Å². The van der Waals surface area contributed by atoms with Gasteiger partial charge in [0.2, 0.25) is 0 Å². The van der Waals surface area contributed by atoms with Crippen molar-refractivity contribution in [2.75, 3.05) is 4.90 Å². The van der Waals surface area contributed by atoms with Crippen molar-refractivity contribution in [3.8, 4) is 22.3 Å². The van der Waals surface area contributed by atoms with Gasteiger partial charge in [0.25, 0.3) is 0 Å². The summed E-state index contributed by atoms with van der Waals surface area (Å²) in [5.41, 5.74) is 8.28. The van der Waals surface area contributed by atoms with Crippen LogP contribution in [0.5, 0.6) is 0 Å². The summed E-state index contributed by atoms with van der Waals surface area (Å²) in [6.07, 6.45) is 3.82. The largest absolute Gasteiger partial charge is 0.309 e. The molecule has 0 aliphatic carbocycles. The van der Waals surface area contributed by atoms with Gasteiger partial charge >= 0.3 is 0 Å². The summed E-state index contributed by atoms with van der Waals surface area (Å²) in [4.78, 5) is 6.74. The summed E-state index contributed by atoms with van der Waals surface area (Å²) in [6.45, 7) is 0. The van der Waals surface area contributed by atoms with E-state index in [1.54, 1.807) is 0 Å². The molecule has 198 valence electrons. The second-order valence-electron chi connectivity index (χ2n) is 10.5. The van der Waals surface area contributed by atoms with Crippen LogP contribution in [0.3, 0.4) is 0 Å². The zero-order valence-electron chi connectivity index (χ0n) is 22.8. The molecule has 0 radical (unpaired) electrons. The summed E-state index contributed by atoms with van der Waals surface area (Å²) in [7, 11) is 0. The van der Waals surface area contributed by atoms with E-state index in [1.165, 1.54) is 58.9 Å². The summed E-state index contributed by atoms with van der Waals surface area (Å²) in [5.74, 6) is 0. The van der Waals surface area contributed by atoms with E-state index in [1.807, 2.05) is 23.7 Å². The molecule has 2 heterocycles. The fraction of sp³-hybridized carbons (Fsp3) is 0. The predicted octanol–water partition coefficient (Wildman–Crippen LogP) is 11.4. The van der Waals surface area contributed by atoms with Crippen LogP contribution in [0.4, 0.5) is 17.1 Å². The number of benzene rings is 6. The van der Waals surface area contributed by atoms with Crippen molar-refractivity contribution >= 4 is 59.3 Å². The van der Waals surface area contributed by atoms with Crippen LogP contribution in [-0.2, 0) is 0 Å². The van der Waals surface area contributed by atoms with Gasteiger partial charge in [-0.25, -0.2) is 0 Å². The van der Waals surface area contributed by atoms with E-state index in [4.69, 9.17) is 0 Å². The van der Waals surface area contributed by atoms with Crippen LogP contribution in [0.2, 0.25) is 0 Å². The summed E-state index contributed by atoms with van der Waals surface area (Å²) >= 11 is 1.85. The third-order valence-electron chi connectivity index (χ3n) is 7.94. The third-order valence-corrected chi connectivity index (χ3v) is 9.13. The predicted molar refractivity (Wildman–Crippen MR) is 180 cm³/mol. The lowest BCUT2D eigenvalue weighted by Gasteiger charge is -2.26. The monoisotopic (exact) mass is 554 g/mol. The highest BCUT2D eigenvalue weighted by molar-refractivity contribution is 7.26. The van der Waals surface area contributed by atoms with Crippen molar-refractivity contribution in [2.24, 2.45) is 0 Å². The van der Waals surface area contributed by atoms with Crippen molar-refractivity contribution in [3.05, 3.63) is 158 Å². The van der Waals surface area contributed by atoms with Crippen LogP contribution in [-0.4, -0.2) is 4.98 Å². The van der Waals surface area contributed by atoms with Gasteiger partial charge in [0, 0.05) is 44.6 Å². The highest BCUT2D eigenvalue weighted by atomic mass is 32.1. The van der Waals surface area contributed by atoms with Gasteiger partial charge in [-0.3, -0.25) is 4.98 Å². The molecule has 0 bridgehead atoms. The summed E-state index contributed by atoms with van der Waals surface area (Å²) < 4.78 is 2.55. The molecular weight excluding hydrogens is 529 g/mol. The Morgan fingerprint density at radius 3 is 1.69 bits per heavy atom. The topological polar surface area (TPSA) is 16.1 Å². The zero-order valence-corrected chi connectivity index (χ0v) is 23.6. The SMILES string of the molecule is c1ccc(-c2ccc(N(c3ccc(-c4ccccc4)cc3)c3cccc4c3sc3cc5cnccc5cc34)cc2)cc1. The van der Waals surface area contributed by atoms with E-state index < -0.39 is 0 Å². The van der Waals surface area contributed by atoms with Crippen LogP contribution in [0.25, 0.3) is 53.2 Å². The van der Waals surface area contributed by atoms with Crippen LogP contribution in [0, 0.1) is 0 Å². The van der Waals surface area contributed by atoms with Crippen molar-refractivity contribution < 1.29 is 0 Å². The Kier molecular flexibility index (Phi) is 6.02. The van der Waals surface area contributed by atoms with Crippen LogP contribution in [0.1, 0.15) is 0 Å². The van der Waals surface area contributed by atoms with Crippen LogP contribution < -0.4 is 4.90 Å². The van der Waals surface area contributed by atoms with Gasteiger partial charge in [-0.05, 0) is 76.2 Å². The van der Waals surface area contributed by atoms with Crippen LogP contribution in [0.15, 0.2) is 158 Å². The van der Waals surface area contributed by atoms with Gasteiger partial charge in [0.1, 0.15) is 0 Å². The molecule has 0 spiro atoms. The van der Waals surface area contributed by atoms with Gasteiger partial charge < -0.3 is 4.90 Å². The van der Waals surface area contributed by atoms with Crippen molar-refractivity contribution in [1.29, 1.82) is 0 Å². The fourth-order valence-electron chi connectivity index (χ4n) is 5.83. The maximum Gasteiger partial charge on any atom is 0.0640 e. The summed E-state index contributed by atoms with van der Waals surface area (Å²) in [6, 6.07) is 52.3. The van der Waals surface area contributed by atoms with Gasteiger partial charge in [0.05, 0.1) is 10.4 Å². The Morgan fingerprint density at radius 2 is 1.07 bits per heavy atom. The van der Waals surface area contributed by atoms with Gasteiger partial charge in [-0.15, -0.1) is 11.3 Å². The molecule has 0 atom stereocenters. The number of anilines is 3. The Labute approximate surface area is 248 Å². The number of aromatic nitrogens is 1. The number of fused-ring (bicyclic) bond motifs is 4. The third kappa shape index (κ3) is 4.32. The van der Waals surface area contributed by atoms with Gasteiger partial charge in [-0.2, -0.15) is 0 Å². The average Bonchev–Trinajstić information content (AvgIpc) is 3.43. The van der Waals surface area contributed by atoms with Crippen molar-refractivity contribution in [3.63, 3.8) is 0 Å². The maximum atomic E-state index is 4.35. The quantitative estimate of drug-likeness (QED) is 0.210. The molecule has 0 unspecified atom stereocenters. The van der Waals surface area contributed by atoms with E-state index in [0.29, 0.717) is 0 Å². The average molecular weight is 555 g/mol. The van der Waals surface area contributed by atoms with E-state index in [9.17, 15) is 0 Å². The highest BCUT2D eigenvalue weighted by Crippen LogP contribution is 2.45. The molecule has 0 aliphatic heterocycles. The number of nitrogens with zero attached hydrogens (tertiary/aromatic N) is 2. The fourth-order valence-corrected chi connectivity index (χ4v) is 7.07. The van der Waals surface area contributed by atoms with E-state index in [-0.39, 0.29) is 0 Å². The molecule has 0 fully saturated rings. The second-order valence-corrected chi connectivity index (χ2v) is 11.5. The number of pyridine rings is 1. The molecule has 2 nitrogen and oxygen atoms in total. The minimum Gasteiger partial charge on any atom is -0.309 e. The molecule has 3 heteroatoms. The molecular formula is C39H26N2S. The maximum absolute atomic E-state index is 4.35. The Bertz CT molecular complexity index is 2080. The second kappa shape index (κ2) is 10.3. The highest BCUT2D eigenvalue weighted by Gasteiger charge is 2.18. The first kappa shape index (κ1) is 24.5. The molecule has 0 saturated carbocycles. The first-order valence-electron chi connectivity index (χ1n) is 14.1. The Morgan fingerprint density at radius 1 is 0.476 bits per heavy atom. The molecule has 0 saturated heterocycles. The van der Waals surface area contributed by atoms with Gasteiger partial charge in [0.15, 0.2) is 0 Å². The standard InChI is InChI=1S/C39H26N2S/c1-3-8-27(9-4-1)29-14-18-33(19-15-29)41(34-20-16-30(17-21-34)28-10-5-2-6-11-28)37-13-7-12-35-36-24-31-22-23-40-26-32(31)25-38(36)42-39(35)37/h1-26H. The number of thiophene rings is 1. The van der Waals surface area contributed by atoms with Crippen molar-refractivity contribution in [2.45, 2.75) is 0 Å². The molecule has 8 rings (SSSR count). The summed E-state index contributed by atoms with van der Waals surface area (Å²) in [5, 5.41) is 4.95. The van der Waals surface area contributed by atoms with Gasteiger partial charge in [-0.1, -0.05) is 97.1 Å². The first-order valence-corrected chi connectivity index (χ1v) is 14.9. The lowest BCUT2D eigenvalue weighted by atomic mass is 10.0. The minimum atomic E-state index is 1.13. The Hall–Kier alpha value is -5.25. The number of rotatable bonds is 5. The lowest BCUT2D eigenvalue weighted by molar-refractivity contribution is 1.30. The molecule has 0 aliphatic rings. The Balaban J connectivity index is 1.31. The smallest absolute Gasteiger partial charge is 0.0640 e. The van der Waals surface area contributed by atoms with E-state index >= 15 is 0 Å².